The van der Waals surface area contributed by atoms with Gasteiger partial charge in [-0.05, 0) is 32.1 Å². The van der Waals surface area contributed by atoms with E-state index < -0.39 is 5.97 Å². The molecule has 0 aromatic rings. The highest BCUT2D eigenvalue weighted by atomic mass is 16.4. The molecule has 0 bridgehead atoms. The van der Waals surface area contributed by atoms with Gasteiger partial charge in [-0.1, -0.05) is 13.3 Å². The molecule has 2 N–H and O–H groups in total. The van der Waals surface area contributed by atoms with Gasteiger partial charge >= 0.3 is 5.97 Å². The highest BCUT2D eigenvalue weighted by Crippen LogP contribution is 2.18. The first-order valence-corrected chi connectivity index (χ1v) is 8.31. The van der Waals surface area contributed by atoms with Gasteiger partial charge in [0, 0.05) is 32.5 Å². The van der Waals surface area contributed by atoms with Crippen molar-refractivity contribution in [2.45, 2.75) is 58.3 Å². The summed E-state index contributed by atoms with van der Waals surface area (Å²) in [5, 5.41) is 11.5. The van der Waals surface area contributed by atoms with Crippen molar-refractivity contribution in [1.82, 2.24) is 10.2 Å². The molecule has 1 aliphatic heterocycles. The maximum absolute atomic E-state index is 12.1. The third kappa shape index (κ3) is 6.91. The van der Waals surface area contributed by atoms with E-state index in [9.17, 15) is 14.4 Å². The summed E-state index contributed by atoms with van der Waals surface area (Å²) < 4.78 is 0. The molecule has 1 fully saturated rings. The molecule has 0 aliphatic carbocycles. The summed E-state index contributed by atoms with van der Waals surface area (Å²) in [4.78, 5) is 36.4. The first-order chi connectivity index (χ1) is 10.5. The van der Waals surface area contributed by atoms with Crippen molar-refractivity contribution in [3.63, 3.8) is 0 Å². The number of likely N-dealkylation sites (tertiary alicyclic amines) is 1. The van der Waals surface area contributed by atoms with E-state index in [0.717, 1.165) is 25.7 Å². The Morgan fingerprint density at radius 2 is 1.91 bits per heavy atom. The van der Waals surface area contributed by atoms with Gasteiger partial charge in [0.25, 0.3) is 0 Å². The van der Waals surface area contributed by atoms with Crippen molar-refractivity contribution in [3.05, 3.63) is 0 Å². The van der Waals surface area contributed by atoms with Gasteiger partial charge in [0.1, 0.15) is 0 Å². The van der Waals surface area contributed by atoms with E-state index in [1.54, 1.807) is 4.90 Å². The lowest BCUT2D eigenvalue weighted by Gasteiger charge is -2.32. The molecule has 2 amide bonds. The van der Waals surface area contributed by atoms with Crippen LogP contribution >= 0.6 is 0 Å². The number of carbonyl (C=O) groups is 3. The van der Waals surface area contributed by atoms with E-state index in [-0.39, 0.29) is 24.2 Å². The molecule has 0 spiro atoms. The molecule has 0 radical (unpaired) electrons. The van der Waals surface area contributed by atoms with E-state index in [1.807, 2.05) is 0 Å². The summed E-state index contributed by atoms with van der Waals surface area (Å²) >= 11 is 0. The molecule has 0 aromatic carbocycles. The van der Waals surface area contributed by atoms with E-state index in [2.05, 4.69) is 12.2 Å². The van der Waals surface area contributed by atoms with Gasteiger partial charge in [0.05, 0.1) is 5.92 Å². The molecule has 22 heavy (non-hydrogen) atoms. The predicted octanol–water partition coefficient (Wildman–Crippen LogP) is 1.79. The fourth-order valence-corrected chi connectivity index (χ4v) is 2.66. The van der Waals surface area contributed by atoms with Crippen molar-refractivity contribution >= 4 is 17.8 Å². The number of nitrogens with zero attached hydrogens (tertiary/aromatic N) is 1. The van der Waals surface area contributed by atoms with Crippen LogP contribution in [0.3, 0.4) is 0 Å². The molecule has 0 aromatic heterocycles. The quantitative estimate of drug-likeness (QED) is 0.635. The Labute approximate surface area is 132 Å². The van der Waals surface area contributed by atoms with Crippen LogP contribution in [0.4, 0.5) is 0 Å². The Morgan fingerprint density at radius 3 is 2.59 bits per heavy atom. The SMILES string of the molecule is CCCCNC(=O)C1CCCN(C(=O)CCCCC(=O)O)C1. The zero-order valence-electron chi connectivity index (χ0n) is 13.5. The molecule has 1 atom stereocenters. The number of piperidine rings is 1. The minimum Gasteiger partial charge on any atom is -0.481 e. The number of amides is 2. The molecule has 1 saturated heterocycles. The van der Waals surface area contributed by atoms with Gasteiger partial charge in [-0.25, -0.2) is 0 Å². The Kier molecular flexibility index (Phi) is 8.55. The number of carboxylic acid groups (broad SMARTS) is 1. The molecule has 1 rings (SSSR count). The van der Waals surface area contributed by atoms with Gasteiger partial charge < -0.3 is 15.3 Å². The van der Waals surface area contributed by atoms with Gasteiger partial charge in [0.2, 0.25) is 11.8 Å². The van der Waals surface area contributed by atoms with Crippen molar-refractivity contribution in [3.8, 4) is 0 Å². The second-order valence-corrected chi connectivity index (χ2v) is 5.92. The topological polar surface area (TPSA) is 86.7 Å². The third-order valence-corrected chi connectivity index (χ3v) is 4.01. The maximum Gasteiger partial charge on any atom is 0.303 e. The molecule has 1 aliphatic rings. The van der Waals surface area contributed by atoms with Crippen molar-refractivity contribution in [1.29, 1.82) is 0 Å². The summed E-state index contributed by atoms with van der Waals surface area (Å²) in [5.41, 5.74) is 0. The molecule has 1 unspecified atom stereocenters. The Hall–Kier alpha value is -1.59. The zero-order chi connectivity index (χ0) is 16.4. The van der Waals surface area contributed by atoms with Crippen LogP contribution in [0, 0.1) is 5.92 Å². The van der Waals surface area contributed by atoms with Gasteiger partial charge in [-0.3, -0.25) is 14.4 Å². The smallest absolute Gasteiger partial charge is 0.303 e. The average Bonchev–Trinajstić information content (AvgIpc) is 2.51. The maximum atomic E-state index is 12.1. The predicted molar refractivity (Wildman–Crippen MR) is 83.3 cm³/mol. The van der Waals surface area contributed by atoms with E-state index in [0.29, 0.717) is 38.9 Å². The zero-order valence-corrected chi connectivity index (χ0v) is 13.5. The first kappa shape index (κ1) is 18.5. The fraction of sp³-hybridized carbons (Fsp3) is 0.812. The van der Waals surface area contributed by atoms with Crippen molar-refractivity contribution in [2.75, 3.05) is 19.6 Å². The average molecular weight is 312 g/mol. The van der Waals surface area contributed by atoms with E-state index in [4.69, 9.17) is 5.11 Å². The molecule has 0 saturated carbocycles. The lowest BCUT2D eigenvalue weighted by Crippen LogP contribution is -2.45. The lowest BCUT2D eigenvalue weighted by molar-refractivity contribution is -0.138. The number of unbranched alkanes of at least 4 members (excludes halogenated alkanes) is 2. The molecule has 6 heteroatoms. The Bertz CT molecular complexity index is 384. The number of carbonyl (C=O) groups excluding carboxylic acids is 2. The second-order valence-electron chi connectivity index (χ2n) is 5.92. The third-order valence-electron chi connectivity index (χ3n) is 4.01. The summed E-state index contributed by atoms with van der Waals surface area (Å²) in [6.07, 6.45) is 5.31. The number of hydrogen-bond donors (Lipinski definition) is 2. The summed E-state index contributed by atoms with van der Waals surface area (Å²) in [7, 11) is 0. The number of carboxylic acids is 1. The number of hydrogen-bond acceptors (Lipinski definition) is 3. The van der Waals surface area contributed by atoms with Crippen LogP contribution in [0.25, 0.3) is 0 Å². The highest BCUT2D eigenvalue weighted by molar-refractivity contribution is 5.81. The summed E-state index contributed by atoms with van der Waals surface area (Å²) in [6.45, 7) is 3.98. The normalized spacial score (nSPS) is 18.0. The van der Waals surface area contributed by atoms with Crippen LogP contribution in [0.1, 0.15) is 58.3 Å². The summed E-state index contributed by atoms with van der Waals surface area (Å²) in [6, 6.07) is 0. The Balaban J connectivity index is 2.30. The van der Waals surface area contributed by atoms with Gasteiger partial charge in [-0.2, -0.15) is 0 Å². The minimum atomic E-state index is -0.825. The molecule has 1 heterocycles. The number of rotatable bonds is 9. The van der Waals surface area contributed by atoms with E-state index >= 15 is 0 Å². The van der Waals surface area contributed by atoms with E-state index in [1.165, 1.54) is 0 Å². The van der Waals surface area contributed by atoms with Crippen LogP contribution in [0.5, 0.6) is 0 Å². The van der Waals surface area contributed by atoms with Gasteiger partial charge in [0.15, 0.2) is 0 Å². The minimum absolute atomic E-state index is 0.0384. The molecular weight excluding hydrogens is 284 g/mol. The fourth-order valence-electron chi connectivity index (χ4n) is 2.66. The second kappa shape index (κ2) is 10.2. The van der Waals surface area contributed by atoms with Crippen LogP contribution in [0.15, 0.2) is 0 Å². The Morgan fingerprint density at radius 1 is 1.18 bits per heavy atom. The monoisotopic (exact) mass is 312 g/mol. The number of nitrogens with one attached hydrogen (secondary N) is 1. The lowest BCUT2D eigenvalue weighted by atomic mass is 9.96. The summed E-state index contributed by atoms with van der Waals surface area (Å²) in [5.74, 6) is -0.837. The molecule has 6 nitrogen and oxygen atoms in total. The molecule has 126 valence electrons. The van der Waals surface area contributed by atoms with Crippen molar-refractivity contribution in [2.24, 2.45) is 5.92 Å². The van der Waals surface area contributed by atoms with Crippen LogP contribution in [0.2, 0.25) is 0 Å². The first-order valence-electron chi connectivity index (χ1n) is 8.31. The standard InChI is InChI=1S/C16H28N2O4/c1-2-3-10-17-16(22)13-7-6-11-18(12-13)14(19)8-4-5-9-15(20)21/h13H,2-12H2,1H3,(H,17,22)(H,20,21). The molecular formula is C16H28N2O4. The van der Waals surface area contributed by atoms with Crippen LogP contribution < -0.4 is 5.32 Å². The van der Waals surface area contributed by atoms with Crippen molar-refractivity contribution < 1.29 is 19.5 Å². The highest BCUT2D eigenvalue weighted by Gasteiger charge is 2.27. The van der Waals surface area contributed by atoms with Crippen LogP contribution in [-0.2, 0) is 14.4 Å². The van der Waals surface area contributed by atoms with Crippen LogP contribution in [-0.4, -0.2) is 47.4 Å². The largest absolute Gasteiger partial charge is 0.481 e. The number of aliphatic carboxylic acids is 1. The van der Waals surface area contributed by atoms with Gasteiger partial charge in [-0.15, -0.1) is 0 Å².